The van der Waals surface area contributed by atoms with Gasteiger partial charge in [-0.2, -0.15) is 0 Å². The first-order valence-electron chi connectivity index (χ1n) is 10.6. The molecule has 0 radical (unpaired) electrons. The Morgan fingerprint density at radius 2 is 1.78 bits per heavy atom. The predicted octanol–water partition coefficient (Wildman–Crippen LogP) is 4.70. The monoisotopic (exact) mass is 471 g/mol. The molecular weight excluding hydrogens is 446 g/mol. The fraction of sp³-hybridized carbons (Fsp3) is 0.320. The Balaban J connectivity index is 1.58. The van der Waals surface area contributed by atoms with Gasteiger partial charge < -0.3 is 9.64 Å². The van der Waals surface area contributed by atoms with Gasteiger partial charge in [0.15, 0.2) is 16.4 Å². The minimum Gasteiger partial charge on any atom is -0.484 e. The van der Waals surface area contributed by atoms with Gasteiger partial charge in [0.1, 0.15) is 5.75 Å². The topological polar surface area (TPSA) is 63.7 Å². The quantitative estimate of drug-likeness (QED) is 0.522. The molecular formula is C25H26ClNO4S. The van der Waals surface area contributed by atoms with Crippen molar-refractivity contribution in [2.24, 2.45) is 0 Å². The van der Waals surface area contributed by atoms with Gasteiger partial charge in [0.05, 0.1) is 11.5 Å². The zero-order valence-electron chi connectivity index (χ0n) is 18.2. The smallest absolute Gasteiger partial charge is 0.261 e. The van der Waals surface area contributed by atoms with Crippen LogP contribution in [0, 0.1) is 13.8 Å². The van der Waals surface area contributed by atoms with Gasteiger partial charge >= 0.3 is 0 Å². The van der Waals surface area contributed by atoms with Crippen LogP contribution in [0.1, 0.15) is 23.1 Å². The summed E-state index contributed by atoms with van der Waals surface area (Å²) in [6.45, 7) is 3.95. The van der Waals surface area contributed by atoms with E-state index in [1.54, 1.807) is 17.0 Å². The van der Waals surface area contributed by atoms with E-state index in [1.165, 1.54) is 0 Å². The number of ether oxygens (including phenoxy) is 1. The summed E-state index contributed by atoms with van der Waals surface area (Å²) in [4.78, 5) is 14.9. The van der Waals surface area contributed by atoms with Crippen molar-refractivity contribution in [3.05, 3.63) is 76.3 Å². The molecule has 0 aliphatic carbocycles. The maximum absolute atomic E-state index is 13.3. The zero-order valence-corrected chi connectivity index (χ0v) is 19.7. The highest BCUT2D eigenvalue weighted by atomic mass is 35.5. The van der Waals surface area contributed by atoms with E-state index in [9.17, 15) is 13.2 Å². The largest absolute Gasteiger partial charge is 0.484 e. The molecule has 3 aromatic carbocycles. The molecule has 1 heterocycles. The molecule has 5 nitrogen and oxygen atoms in total. The molecule has 168 valence electrons. The number of rotatable bonds is 6. The average Bonchev–Trinajstić information content (AvgIpc) is 3.13. The number of aryl methyl sites for hydroxylation is 2. The Hall–Kier alpha value is -2.57. The first kappa shape index (κ1) is 22.6. The van der Waals surface area contributed by atoms with Gasteiger partial charge in [-0.25, -0.2) is 8.42 Å². The highest BCUT2D eigenvalue weighted by molar-refractivity contribution is 7.91. The summed E-state index contributed by atoms with van der Waals surface area (Å²) < 4.78 is 30.1. The second-order valence-corrected chi connectivity index (χ2v) is 11.0. The first-order valence-corrected chi connectivity index (χ1v) is 12.8. The standard InChI is InChI=1S/C25H26ClNO4S/c1-17-12-22(13-18(2)25(17)26)31-15-24(28)27(21-10-11-32(29,30)16-21)14-20-8-5-7-19-6-3-4-9-23(19)20/h3-9,12-13,21H,10-11,14-16H2,1-2H3/t21-/m0/s1. The Kier molecular flexibility index (Phi) is 6.45. The van der Waals surface area contributed by atoms with Crippen molar-refractivity contribution < 1.29 is 17.9 Å². The molecule has 0 spiro atoms. The highest BCUT2D eigenvalue weighted by Crippen LogP contribution is 2.27. The Labute approximate surface area is 193 Å². The van der Waals surface area contributed by atoms with E-state index >= 15 is 0 Å². The fourth-order valence-corrected chi connectivity index (χ4v) is 6.11. The third-order valence-electron chi connectivity index (χ3n) is 5.96. The van der Waals surface area contributed by atoms with E-state index in [2.05, 4.69) is 0 Å². The molecule has 1 amide bonds. The van der Waals surface area contributed by atoms with Crippen LogP contribution in [0.4, 0.5) is 0 Å². The number of sulfone groups is 1. The molecule has 1 aliphatic rings. The summed E-state index contributed by atoms with van der Waals surface area (Å²) in [7, 11) is -3.14. The number of hydrogen-bond acceptors (Lipinski definition) is 4. The van der Waals surface area contributed by atoms with Gasteiger partial charge in [-0.05, 0) is 59.9 Å². The number of hydrogen-bond donors (Lipinski definition) is 0. The molecule has 0 unspecified atom stereocenters. The van der Waals surface area contributed by atoms with E-state index < -0.39 is 9.84 Å². The number of carbonyl (C=O) groups is 1. The minimum atomic E-state index is -3.14. The van der Waals surface area contributed by atoms with Crippen LogP contribution < -0.4 is 4.74 Å². The summed E-state index contributed by atoms with van der Waals surface area (Å²) in [6.07, 6.45) is 0.442. The van der Waals surface area contributed by atoms with E-state index in [0.29, 0.717) is 23.7 Å². The van der Waals surface area contributed by atoms with Crippen molar-refractivity contribution in [3.63, 3.8) is 0 Å². The summed E-state index contributed by atoms with van der Waals surface area (Å²) >= 11 is 6.23. The van der Waals surface area contributed by atoms with Gasteiger partial charge in [0, 0.05) is 17.6 Å². The van der Waals surface area contributed by atoms with Crippen LogP contribution >= 0.6 is 11.6 Å². The number of carbonyl (C=O) groups excluding carboxylic acids is 1. The molecule has 0 N–H and O–H groups in total. The number of benzene rings is 3. The van der Waals surface area contributed by atoms with E-state index in [1.807, 2.05) is 56.3 Å². The van der Waals surface area contributed by atoms with Gasteiger partial charge in [-0.1, -0.05) is 54.1 Å². The van der Waals surface area contributed by atoms with Crippen molar-refractivity contribution >= 4 is 38.1 Å². The van der Waals surface area contributed by atoms with Crippen molar-refractivity contribution in [2.75, 3.05) is 18.1 Å². The average molecular weight is 472 g/mol. The van der Waals surface area contributed by atoms with Crippen LogP contribution in [0.3, 0.4) is 0 Å². The number of nitrogens with zero attached hydrogens (tertiary/aromatic N) is 1. The van der Waals surface area contributed by atoms with Crippen molar-refractivity contribution in [2.45, 2.75) is 32.9 Å². The van der Waals surface area contributed by atoms with Crippen LogP contribution in [0.15, 0.2) is 54.6 Å². The molecule has 1 fully saturated rings. The summed E-state index contributed by atoms with van der Waals surface area (Å²) in [5.74, 6) is 0.433. The molecule has 1 atom stereocenters. The van der Waals surface area contributed by atoms with Crippen molar-refractivity contribution in [1.82, 2.24) is 4.90 Å². The van der Waals surface area contributed by atoms with Gasteiger partial charge in [0.25, 0.3) is 5.91 Å². The van der Waals surface area contributed by atoms with Crippen LogP contribution in [-0.2, 0) is 21.2 Å². The molecule has 0 aromatic heterocycles. The van der Waals surface area contributed by atoms with Crippen LogP contribution in [0.5, 0.6) is 5.75 Å². The summed E-state index contributed by atoms with van der Waals surface area (Å²) in [6, 6.07) is 17.2. The summed E-state index contributed by atoms with van der Waals surface area (Å²) in [5, 5.41) is 2.82. The molecule has 0 saturated carbocycles. The van der Waals surface area contributed by atoms with E-state index in [0.717, 1.165) is 27.5 Å². The minimum absolute atomic E-state index is 0.0112. The maximum atomic E-state index is 13.3. The SMILES string of the molecule is Cc1cc(OCC(=O)N(Cc2cccc3ccccc23)[C@H]2CCS(=O)(=O)C2)cc(C)c1Cl. The maximum Gasteiger partial charge on any atom is 0.261 e. The van der Waals surface area contributed by atoms with Crippen LogP contribution in [-0.4, -0.2) is 43.4 Å². The second-order valence-electron chi connectivity index (χ2n) is 8.38. The van der Waals surface area contributed by atoms with E-state index in [-0.39, 0.29) is 30.1 Å². The second kappa shape index (κ2) is 9.12. The third-order valence-corrected chi connectivity index (χ3v) is 8.31. The lowest BCUT2D eigenvalue weighted by atomic mass is 10.0. The number of fused-ring (bicyclic) bond motifs is 1. The summed E-state index contributed by atoms with van der Waals surface area (Å²) in [5.41, 5.74) is 2.74. The zero-order chi connectivity index (χ0) is 22.9. The lowest BCUT2D eigenvalue weighted by molar-refractivity contribution is -0.136. The molecule has 0 bridgehead atoms. The molecule has 1 saturated heterocycles. The molecule has 7 heteroatoms. The normalized spacial score (nSPS) is 17.4. The third kappa shape index (κ3) is 4.92. The Morgan fingerprint density at radius 1 is 1.09 bits per heavy atom. The number of amides is 1. The van der Waals surface area contributed by atoms with Gasteiger partial charge in [-0.15, -0.1) is 0 Å². The lowest BCUT2D eigenvalue weighted by Gasteiger charge is -2.29. The molecule has 3 aromatic rings. The Morgan fingerprint density at radius 3 is 2.47 bits per heavy atom. The van der Waals surface area contributed by atoms with Crippen LogP contribution in [0.25, 0.3) is 10.8 Å². The molecule has 1 aliphatic heterocycles. The van der Waals surface area contributed by atoms with Crippen molar-refractivity contribution in [3.8, 4) is 5.75 Å². The van der Waals surface area contributed by atoms with Crippen LogP contribution in [0.2, 0.25) is 5.02 Å². The number of halogens is 1. The van der Waals surface area contributed by atoms with Crippen molar-refractivity contribution in [1.29, 1.82) is 0 Å². The fourth-order valence-electron chi connectivity index (χ4n) is 4.27. The van der Waals surface area contributed by atoms with Gasteiger partial charge in [-0.3, -0.25) is 4.79 Å². The van der Waals surface area contributed by atoms with Gasteiger partial charge in [0.2, 0.25) is 0 Å². The highest BCUT2D eigenvalue weighted by Gasteiger charge is 2.35. The van der Waals surface area contributed by atoms with E-state index in [4.69, 9.17) is 16.3 Å². The Bertz CT molecular complexity index is 1240. The molecule has 32 heavy (non-hydrogen) atoms. The first-order chi connectivity index (χ1) is 15.2. The lowest BCUT2D eigenvalue weighted by Crippen LogP contribution is -2.43. The predicted molar refractivity (Wildman–Crippen MR) is 128 cm³/mol. The molecule has 4 rings (SSSR count).